The highest BCUT2D eigenvalue weighted by atomic mass is 79.9. The van der Waals surface area contributed by atoms with Crippen molar-refractivity contribution in [1.29, 1.82) is 0 Å². The summed E-state index contributed by atoms with van der Waals surface area (Å²) in [6.45, 7) is 3.55. The number of esters is 1. The molecule has 0 fully saturated rings. The van der Waals surface area contributed by atoms with Crippen LogP contribution < -0.4 is 5.32 Å². The molecule has 1 rings (SSSR count). The first-order valence-electron chi connectivity index (χ1n) is 5.90. The zero-order valence-corrected chi connectivity index (χ0v) is 12.8. The third-order valence-corrected chi connectivity index (χ3v) is 2.90. The lowest BCUT2D eigenvalue weighted by Gasteiger charge is -2.14. The number of carboxylic acid groups (broad SMARTS) is 1. The second-order valence-corrected chi connectivity index (χ2v) is 5.28. The van der Waals surface area contributed by atoms with Gasteiger partial charge in [-0.1, -0.05) is 28.6 Å². The molecule has 0 heterocycles. The van der Waals surface area contributed by atoms with E-state index in [1.807, 2.05) is 0 Å². The molecule has 21 heavy (non-hydrogen) atoms. The molecule has 0 spiro atoms. The third-order valence-electron chi connectivity index (χ3n) is 2.57. The maximum Gasteiger partial charge on any atom is 0.337 e. The molecule has 0 aliphatic carbocycles. The number of methoxy groups -OCH3 is 1. The molecule has 1 aromatic carbocycles. The molecule has 6 nitrogen and oxygen atoms in total. The molecule has 0 aromatic heterocycles. The number of halogens is 1. The summed E-state index contributed by atoms with van der Waals surface area (Å²) in [6, 6.07) is 4.72. The Kier molecular flexibility index (Phi) is 6.10. The number of carbonyl (C=O) groups is 3. The molecule has 0 unspecified atom stereocenters. The normalized spacial score (nSPS) is 11.3. The van der Waals surface area contributed by atoms with Crippen LogP contribution >= 0.6 is 15.9 Å². The second-order valence-electron chi connectivity index (χ2n) is 4.16. The van der Waals surface area contributed by atoms with Crippen molar-refractivity contribution < 1.29 is 24.2 Å². The minimum absolute atomic E-state index is 0.0533. The number of carboxylic acids is 1. The molecule has 112 valence electrons. The molecule has 0 aliphatic rings. The van der Waals surface area contributed by atoms with Gasteiger partial charge in [0.25, 0.3) is 5.91 Å². The van der Waals surface area contributed by atoms with Gasteiger partial charge in [-0.3, -0.25) is 4.79 Å². The smallest absolute Gasteiger partial charge is 0.337 e. The standard InChI is InChI=1S/C14H14BrNO5/c1-8(15)6-11(13(18)19)16-12(17)9-4-3-5-10(7-9)14(20)21-2/h3-5,7,11H,1,6H2,2H3,(H,16,17)(H,18,19)/t11-/m0/s1. The van der Waals surface area contributed by atoms with Crippen molar-refractivity contribution in [2.24, 2.45) is 0 Å². The van der Waals surface area contributed by atoms with E-state index in [1.54, 1.807) is 0 Å². The Hall–Kier alpha value is -2.15. The molecule has 1 atom stereocenters. The molecule has 1 aromatic rings. The Morgan fingerprint density at radius 1 is 1.38 bits per heavy atom. The molecule has 7 heteroatoms. The zero-order chi connectivity index (χ0) is 16.0. The molecular weight excluding hydrogens is 342 g/mol. The van der Waals surface area contributed by atoms with Gasteiger partial charge in [0.15, 0.2) is 0 Å². The first-order valence-corrected chi connectivity index (χ1v) is 6.69. The predicted molar refractivity (Wildman–Crippen MR) is 79.4 cm³/mol. The predicted octanol–water partition coefficient (Wildman–Crippen LogP) is 1.95. The molecule has 0 aliphatic heterocycles. The number of rotatable bonds is 6. The zero-order valence-electron chi connectivity index (χ0n) is 11.3. The Morgan fingerprint density at radius 2 is 2.00 bits per heavy atom. The summed E-state index contributed by atoms with van der Waals surface area (Å²) >= 11 is 3.06. The van der Waals surface area contributed by atoms with Gasteiger partial charge < -0.3 is 15.2 Å². The van der Waals surface area contributed by atoms with Crippen molar-refractivity contribution in [3.05, 3.63) is 46.5 Å². The minimum atomic E-state index is -1.17. The van der Waals surface area contributed by atoms with Gasteiger partial charge in [0.05, 0.1) is 12.7 Å². The number of amides is 1. The Labute approximate surface area is 129 Å². The van der Waals surface area contributed by atoms with E-state index in [-0.39, 0.29) is 17.5 Å². The van der Waals surface area contributed by atoms with Gasteiger partial charge in [0.1, 0.15) is 6.04 Å². The van der Waals surface area contributed by atoms with Crippen LogP contribution in [-0.2, 0) is 9.53 Å². The monoisotopic (exact) mass is 355 g/mol. The van der Waals surface area contributed by atoms with Crippen LogP contribution in [0.5, 0.6) is 0 Å². The average molecular weight is 356 g/mol. The lowest BCUT2D eigenvalue weighted by molar-refractivity contribution is -0.139. The van der Waals surface area contributed by atoms with Crippen molar-refractivity contribution in [1.82, 2.24) is 5.32 Å². The Balaban J connectivity index is 2.90. The fraction of sp³-hybridized carbons (Fsp3) is 0.214. The number of benzene rings is 1. The van der Waals surface area contributed by atoms with E-state index in [2.05, 4.69) is 32.6 Å². The maximum atomic E-state index is 12.0. The van der Waals surface area contributed by atoms with Gasteiger partial charge in [0.2, 0.25) is 0 Å². The third kappa shape index (κ3) is 5.03. The van der Waals surface area contributed by atoms with Crippen molar-refractivity contribution in [3.63, 3.8) is 0 Å². The number of ether oxygens (including phenoxy) is 1. The Morgan fingerprint density at radius 3 is 2.52 bits per heavy atom. The molecule has 0 saturated carbocycles. The summed E-state index contributed by atoms with van der Waals surface area (Å²) in [4.78, 5) is 34.5. The van der Waals surface area contributed by atoms with E-state index < -0.39 is 23.9 Å². The van der Waals surface area contributed by atoms with E-state index in [0.29, 0.717) is 4.48 Å². The van der Waals surface area contributed by atoms with Crippen LogP contribution in [0.3, 0.4) is 0 Å². The minimum Gasteiger partial charge on any atom is -0.480 e. The first kappa shape index (κ1) is 16.9. The SMILES string of the molecule is C=C(Br)C[C@H](NC(=O)c1cccc(C(=O)OC)c1)C(=O)O. The Bertz CT molecular complexity index is 584. The van der Waals surface area contributed by atoms with Crippen molar-refractivity contribution in [2.75, 3.05) is 7.11 Å². The van der Waals surface area contributed by atoms with E-state index >= 15 is 0 Å². The van der Waals surface area contributed by atoms with Crippen LogP contribution in [0, 0.1) is 0 Å². The maximum absolute atomic E-state index is 12.0. The fourth-order valence-corrected chi connectivity index (χ4v) is 1.89. The van der Waals surface area contributed by atoms with Gasteiger partial charge in [-0.05, 0) is 22.7 Å². The number of carbonyl (C=O) groups excluding carboxylic acids is 2. The second kappa shape index (κ2) is 7.58. The van der Waals surface area contributed by atoms with E-state index in [1.165, 1.54) is 31.4 Å². The molecule has 0 saturated heterocycles. The van der Waals surface area contributed by atoms with Crippen LogP contribution in [0.2, 0.25) is 0 Å². The van der Waals surface area contributed by atoms with Gasteiger partial charge in [0, 0.05) is 12.0 Å². The highest BCUT2D eigenvalue weighted by Gasteiger charge is 2.21. The molecular formula is C14H14BrNO5. The van der Waals surface area contributed by atoms with Gasteiger partial charge in [-0.15, -0.1) is 0 Å². The first-order chi connectivity index (χ1) is 9.85. The molecule has 0 bridgehead atoms. The van der Waals surface area contributed by atoms with Crippen LogP contribution in [-0.4, -0.2) is 36.1 Å². The van der Waals surface area contributed by atoms with Gasteiger partial charge in [-0.25, -0.2) is 9.59 Å². The van der Waals surface area contributed by atoms with Gasteiger partial charge >= 0.3 is 11.9 Å². The summed E-state index contributed by atoms with van der Waals surface area (Å²) in [6.07, 6.45) is 0.0533. The lowest BCUT2D eigenvalue weighted by Crippen LogP contribution is -2.40. The van der Waals surface area contributed by atoms with E-state index in [9.17, 15) is 14.4 Å². The largest absolute Gasteiger partial charge is 0.480 e. The number of hydrogen-bond donors (Lipinski definition) is 2. The van der Waals surface area contributed by atoms with Gasteiger partial charge in [-0.2, -0.15) is 0 Å². The highest BCUT2D eigenvalue weighted by molar-refractivity contribution is 9.11. The lowest BCUT2D eigenvalue weighted by atomic mass is 10.1. The van der Waals surface area contributed by atoms with Crippen molar-refractivity contribution in [2.45, 2.75) is 12.5 Å². The van der Waals surface area contributed by atoms with Crippen molar-refractivity contribution >= 4 is 33.8 Å². The summed E-state index contributed by atoms with van der Waals surface area (Å²) in [7, 11) is 1.23. The fourth-order valence-electron chi connectivity index (χ4n) is 1.57. The molecule has 1 amide bonds. The van der Waals surface area contributed by atoms with E-state index in [0.717, 1.165) is 0 Å². The number of nitrogens with one attached hydrogen (secondary N) is 1. The molecule has 0 radical (unpaired) electrons. The summed E-state index contributed by atoms with van der Waals surface area (Å²) < 4.78 is 5.02. The van der Waals surface area contributed by atoms with E-state index in [4.69, 9.17) is 5.11 Å². The highest BCUT2D eigenvalue weighted by Crippen LogP contribution is 2.12. The average Bonchev–Trinajstić information content (AvgIpc) is 2.45. The molecule has 2 N–H and O–H groups in total. The summed E-state index contributed by atoms with van der Waals surface area (Å²) in [5.41, 5.74) is 0.381. The quantitative estimate of drug-likeness (QED) is 0.760. The van der Waals surface area contributed by atoms with Crippen LogP contribution in [0.4, 0.5) is 0 Å². The summed E-state index contributed by atoms with van der Waals surface area (Å²) in [5.74, 6) is -2.34. The van der Waals surface area contributed by atoms with Crippen molar-refractivity contribution in [3.8, 4) is 0 Å². The summed E-state index contributed by atoms with van der Waals surface area (Å²) in [5, 5.41) is 11.4. The van der Waals surface area contributed by atoms with Crippen LogP contribution in [0.25, 0.3) is 0 Å². The topological polar surface area (TPSA) is 92.7 Å². The van der Waals surface area contributed by atoms with Crippen LogP contribution in [0.15, 0.2) is 35.3 Å². The number of aliphatic carboxylic acids is 1. The van der Waals surface area contributed by atoms with Crippen LogP contribution in [0.1, 0.15) is 27.1 Å². The number of hydrogen-bond acceptors (Lipinski definition) is 4.